The van der Waals surface area contributed by atoms with E-state index in [1.54, 1.807) is 0 Å². The van der Waals surface area contributed by atoms with E-state index in [2.05, 4.69) is 25.6 Å². The van der Waals surface area contributed by atoms with Crippen molar-refractivity contribution in [2.45, 2.75) is 194 Å². The van der Waals surface area contributed by atoms with Crippen LogP contribution in [0.25, 0.3) is 0 Å². The molecule has 200 valence electrons. The predicted molar refractivity (Wildman–Crippen MR) is 158 cm³/mol. The normalized spacial score (nSPS) is 11.5. The average Bonchev–Trinajstić information content (AvgIpc) is 2.83. The standard InChI is InChI=1S/C32H66S/c1-3-5-7-9-11-13-15-17-18-19-20-22-24-26-28-30-32-33-31-29-27-25-23-21-16-14-12-10-8-6-4-2/h3-32H2,1-2H3. The van der Waals surface area contributed by atoms with Crippen molar-refractivity contribution in [2.24, 2.45) is 0 Å². The van der Waals surface area contributed by atoms with E-state index >= 15 is 0 Å². The molecule has 0 fully saturated rings. The molecule has 0 amide bonds. The summed E-state index contributed by atoms with van der Waals surface area (Å²) in [5, 5.41) is 0. The van der Waals surface area contributed by atoms with Crippen LogP contribution in [0.2, 0.25) is 0 Å². The molecule has 0 aliphatic carbocycles. The van der Waals surface area contributed by atoms with Gasteiger partial charge in [-0.25, -0.2) is 0 Å². The van der Waals surface area contributed by atoms with E-state index in [4.69, 9.17) is 0 Å². The first-order chi connectivity index (χ1) is 16.4. The zero-order valence-corrected chi connectivity index (χ0v) is 24.4. The molecule has 0 rings (SSSR count). The molecule has 1 heteroatoms. The topological polar surface area (TPSA) is 0 Å². The Morgan fingerprint density at radius 1 is 0.242 bits per heavy atom. The fourth-order valence-electron chi connectivity index (χ4n) is 4.90. The van der Waals surface area contributed by atoms with E-state index in [9.17, 15) is 0 Å². The first-order valence-corrected chi connectivity index (χ1v) is 17.1. The summed E-state index contributed by atoms with van der Waals surface area (Å²) in [6, 6.07) is 0. The third-order valence-corrected chi connectivity index (χ3v) is 8.44. The molecular formula is C32H66S. The van der Waals surface area contributed by atoms with Gasteiger partial charge in [0.15, 0.2) is 0 Å². The maximum absolute atomic E-state index is 2.31. The van der Waals surface area contributed by atoms with Crippen molar-refractivity contribution in [1.82, 2.24) is 0 Å². The lowest BCUT2D eigenvalue weighted by Gasteiger charge is -2.04. The van der Waals surface area contributed by atoms with E-state index < -0.39 is 0 Å². The number of unbranched alkanes of at least 4 members (excludes halogenated alkanes) is 26. The van der Waals surface area contributed by atoms with Crippen LogP contribution in [0.1, 0.15) is 194 Å². The second-order valence-electron chi connectivity index (χ2n) is 10.8. The lowest BCUT2D eigenvalue weighted by molar-refractivity contribution is 0.531. The van der Waals surface area contributed by atoms with Crippen LogP contribution in [-0.2, 0) is 0 Å². The summed E-state index contributed by atoms with van der Waals surface area (Å²) in [4.78, 5) is 0. The average molecular weight is 483 g/mol. The van der Waals surface area contributed by atoms with Crippen molar-refractivity contribution in [3.63, 3.8) is 0 Å². The second kappa shape index (κ2) is 32.4. The maximum atomic E-state index is 2.31. The van der Waals surface area contributed by atoms with Crippen LogP contribution in [0.15, 0.2) is 0 Å². The van der Waals surface area contributed by atoms with Crippen molar-refractivity contribution in [3.8, 4) is 0 Å². The Balaban J connectivity index is 2.99. The molecule has 0 aromatic rings. The van der Waals surface area contributed by atoms with Gasteiger partial charge >= 0.3 is 0 Å². The number of hydrogen-bond acceptors (Lipinski definition) is 1. The molecule has 0 aromatic carbocycles. The van der Waals surface area contributed by atoms with E-state index in [1.807, 2.05) is 0 Å². The SMILES string of the molecule is CCCCCCCCCCCCCCCCCCSCCCCCCCCCCCCCC. The summed E-state index contributed by atoms with van der Waals surface area (Å²) in [7, 11) is 0. The quantitative estimate of drug-likeness (QED) is 0.0917. The van der Waals surface area contributed by atoms with Crippen LogP contribution in [-0.4, -0.2) is 11.5 Å². The van der Waals surface area contributed by atoms with Gasteiger partial charge in [0, 0.05) is 0 Å². The van der Waals surface area contributed by atoms with Gasteiger partial charge in [-0.3, -0.25) is 0 Å². The second-order valence-corrected chi connectivity index (χ2v) is 12.0. The molecule has 0 aliphatic rings. The minimum atomic E-state index is 1.37. The Morgan fingerprint density at radius 3 is 0.636 bits per heavy atom. The Kier molecular flexibility index (Phi) is 32.7. The van der Waals surface area contributed by atoms with Gasteiger partial charge in [-0.15, -0.1) is 0 Å². The zero-order valence-electron chi connectivity index (χ0n) is 23.6. The minimum absolute atomic E-state index is 1.37. The molecule has 0 radical (unpaired) electrons. The molecule has 0 bridgehead atoms. The molecule has 0 N–H and O–H groups in total. The Morgan fingerprint density at radius 2 is 0.424 bits per heavy atom. The van der Waals surface area contributed by atoms with Crippen molar-refractivity contribution in [2.75, 3.05) is 11.5 Å². The fourth-order valence-corrected chi connectivity index (χ4v) is 5.92. The Hall–Kier alpha value is 0.350. The zero-order chi connectivity index (χ0) is 23.9. The van der Waals surface area contributed by atoms with Gasteiger partial charge in [-0.05, 0) is 24.3 Å². The van der Waals surface area contributed by atoms with Crippen molar-refractivity contribution in [3.05, 3.63) is 0 Å². The van der Waals surface area contributed by atoms with Gasteiger partial charge in [0.2, 0.25) is 0 Å². The van der Waals surface area contributed by atoms with Crippen molar-refractivity contribution >= 4 is 11.8 Å². The van der Waals surface area contributed by atoms with Crippen LogP contribution in [0.3, 0.4) is 0 Å². The van der Waals surface area contributed by atoms with Crippen LogP contribution in [0.4, 0.5) is 0 Å². The molecule has 0 saturated carbocycles. The summed E-state index contributed by atoms with van der Waals surface area (Å²) in [5.74, 6) is 2.83. The third kappa shape index (κ3) is 32.4. The fraction of sp³-hybridized carbons (Fsp3) is 1.00. The van der Waals surface area contributed by atoms with Crippen molar-refractivity contribution < 1.29 is 0 Å². The summed E-state index contributed by atoms with van der Waals surface area (Å²) >= 11 is 2.22. The van der Waals surface area contributed by atoms with Crippen LogP contribution in [0, 0.1) is 0 Å². The van der Waals surface area contributed by atoms with Gasteiger partial charge in [0.05, 0.1) is 0 Å². The molecule has 0 aliphatic heterocycles. The molecular weight excluding hydrogens is 416 g/mol. The van der Waals surface area contributed by atoms with Gasteiger partial charge in [0.1, 0.15) is 0 Å². The van der Waals surface area contributed by atoms with Gasteiger partial charge in [-0.2, -0.15) is 11.8 Å². The highest BCUT2D eigenvalue weighted by molar-refractivity contribution is 7.99. The minimum Gasteiger partial charge on any atom is -0.162 e. The summed E-state index contributed by atoms with van der Waals surface area (Å²) < 4.78 is 0. The number of thioether (sulfide) groups is 1. The van der Waals surface area contributed by atoms with Gasteiger partial charge in [0.25, 0.3) is 0 Å². The Bertz CT molecular complexity index is 284. The maximum Gasteiger partial charge on any atom is -0.00675 e. The predicted octanol–water partition coefficient (Wildman–Crippen LogP) is 12.7. The molecule has 0 spiro atoms. The first-order valence-electron chi connectivity index (χ1n) is 16.0. The van der Waals surface area contributed by atoms with Crippen LogP contribution < -0.4 is 0 Å². The van der Waals surface area contributed by atoms with E-state index in [0.29, 0.717) is 0 Å². The highest BCUT2D eigenvalue weighted by Crippen LogP contribution is 2.16. The first kappa shape index (κ1) is 33.4. The largest absolute Gasteiger partial charge is 0.162 e. The summed E-state index contributed by atoms with van der Waals surface area (Å²) in [6.45, 7) is 4.61. The highest BCUT2D eigenvalue weighted by atomic mass is 32.2. The molecule has 0 heterocycles. The molecule has 0 nitrogen and oxygen atoms in total. The molecule has 0 atom stereocenters. The number of hydrogen-bond donors (Lipinski definition) is 0. The van der Waals surface area contributed by atoms with Gasteiger partial charge in [-0.1, -0.05) is 181 Å². The van der Waals surface area contributed by atoms with Crippen molar-refractivity contribution in [1.29, 1.82) is 0 Å². The molecule has 0 saturated heterocycles. The molecule has 0 aromatic heterocycles. The third-order valence-electron chi connectivity index (χ3n) is 7.28. The van der Waals surface area contributed by atoms with E-state index in [0.717, 1.165) is 0 Å². The van der Waals surface area contributed by atoms with Crippen LogP contribution in [0.5, 0.6) is 0 Å². The Labute approximate surface area is 216 Å². The highest BCUT2D eigenvalue weighted by Gasteiger charge is 1.96. The van der Waals surface area contributed by atoms with E-state index in [1.165, 1.54) is 191 Å². The smallest absolute Gasteiger partial charge is 0.00675 e. The van der Waals surface area contributed by atoms with E-state index in [-0.39, 0.29) is 0 Å². The lowest BCUT2D eigenvalue weighted by atomic mass is 10.0. The van der Waals surface area contributed by atoms with Gasteiger partial charge < -0.3 is 0 Å². The van der Waals surface area contributed by atoms with Crippen LogP contribution >= 0.6 is 11.8 Å². The summed E-state index contributed by atoms with van der Waals surface area (Å²) in [5.41, 5.74) is 0. The molecule has 0 unspecified atom stereocenters. The monoisotopic (exact) mass is 482 g/mol. The summed E-state index contributed by atoms with van der Waals surface area (Å²) in [6.07, 6.45) is 41.2. The lowest BCUT2D eigenvalue weighted by Crippen LogP contribution is -1.87. The molecule has 33 heavy (non-hydrogen) atoms. The number of rotatable bonds is 30.